The molecule has 23 heavy (non-hydrogen) atoms. The molecule has 0 radical (unpaired) electrons. The number of carbonyl (C=O) groups is 1. The molecule has 0 aliphatic heterocycles. The van der Waals surface area contributed by atoms with Gasteiger partial charge in [-0.25, -0.2) is 0 Å². The van der Waals surface area contributed by atoms with Crippen LogP contribution in [-0.2, 0) is 11.2 Å². The van der Waals surface area contributed by atoms with Crippen LogP contribution in [-0.4, -0.2) is 5.78 Å². The van der Waals surface area contributed by atoms with E-state index in [0.717, 1.165) is 25.2 Å². The van der Waals surface area contributed by atoms with Crippen LogP contribution in [0.4, 0.5) is 0 Å². The smallest absolute Gasteiger partial charge is 0.133 e. The van der Waals surface area contributed by atoms with Gasteiger partial charge < -0.3 is 0 Å². The Hall–Kier alpha value is -1.11. The predicted molar refractivity (Wildman–Crippen MR) is 98.6 cm³/mol. The van der Waals surface area contributed by atoms with Crippen LogP contribution in [0.15, 0.2) is 30.3 Å². The van der Waals surface area contributed by atoms with Gasteiger partial charge in [-0.05, 0) is 42.6 Å². The average Bonchev–Trinajstić information content (AvgIpc) is 2.60. The second-order valence-corrected chi connectivity index (χ2v) is 7.91. The van der Waals surface area contributed by atoms with Gasteiger partial charge in [-0.15, -0.1) is 0 Å². The lowest BCUT2D eigenvalue weighted by Gasteiger charge is -2.32. The zero-order valence-corrected chi connectivity index (χ0v) is 15.2. The van der Waals surface area contributed by atoms with Gasteiger partial charge in [0.25, 0.3) is 0 Å². The molecule has 1 aromatic rings. The van der Waals surface area contributed by atoms with E-state index in [1.54, 1.807) is 0 Å². The number of carbonyl (C=O) groups excluding carboxylic acids is 1. The molecule has 0 unspecified atom stereocenters. The zero-order valence-electron chi connectivity index (χ0n) is 15.2. The Labute approximate surface area is 142 Å². The Kier molecular flexibility index (Phi) is 7.33. The standard InChI is InChI=1S/C22H34O/c1-3-21(23)18-22(2,16-14-19-10-6-4-7-11-19)17-15-20-12-8-5-9-13-20/h4,6-7,10-11,20H,3,5,8-9,12-18H2,1-2H3/t22-/m0/s1. The molecule has 1 heteroatoms. The van der Waals surface area contributed by atoms with Crippen molar-refractivity contribution >= 4 is 5.78 Å². The molecular formula is C22H34O. The Morgan fingerprint density at radius 1 is 1.09 bits per heavy atom. The maximum absolute atomic E-state index is 12.1. The molecule has 128 valence electrons. The minimum atomic E-state index is 0.181. The fraction of sp³-hybridized carbons (Fsp3) is 0.682. The molecule has 0 amide bonds. The summed E-state index contributed by atoms with van der Waals surface area (Å²) >= 11 is 0. The first-order valence-electron chi connectivity index (χ1n) is 9.67. The SMILES string of the molecule is CCC(=O)C[C@@](C)(CCc1ccccc1)CCC1CCCCC1. The highest BCUT2D eigenvalue weighted by atomic mass is 16.1. The first-order valence-corrected chi connectivity index (χ1v) is 9.67. The second kappa shape index (κ2) is 9.25. The summed E-state index contributed by atoms with van der Waals surface area (Å²) in [7, 11) is 0. The molecule has 2 rings (SSSR count). The van der Waals surface area contributed by atoms with Crippen molar-refractivity contribution in [2.45, 2.75) is 84.5 Å². The Balaban J connectivity index is 1.91. The van der Waals surface area contributed by atoms with E-state index in [-0.39, 0.29) is 5.41 Å². The summed E-state index contributed by atoms with van der Waals surface area (Å²) in [5, 5.41) is 0. The Bertz CT molecular complexity index is 458. The van der Waals surface area contributed by atoms with Crippen LogP contribution in [0.5, 0.6) is 0 Å². The first-order chi connectivity index (χ1) is 11.1. The molecule has 1 nitrogen and oxygen atoms in total. The van der Waals surface area contributed by atoms with E-state index in [1.807, 2.05) is 6.92 Å². The van der Waals surface area contributed by atoms with Crippen LogP contribution in [0.1, 0.15) is 83.6 Å². The van der Waals surface area contributed by atoms with Gasteiger partial charge in [-0.3, -0.25) is 4.79 Å². The number of hydrogen-bond acceptors (Lipinski definition) is 1. The molecule has 1 saturated carbocycles. The van der Waals surface area contributed by atoms with Crippen LogP contribution in [0.2, 0.25) is 0 Å². The number of ketones is 1. The largest absolute Gasteiger partial charge is 0.300 e. The third-order valence-corrected chi connectivity index (χ3v) is 5.76. The van der Waals surface area contributed by atoms with E-state index in [1.165, 1.54) is 50.5 Å². The normalized spacial score (nSPS) is 18.5. The minimum absolute atomic E-state index is 0.181. The maximum Gasteiger partial charge on any atom is 0.133 e. The third kappa shape index (κ3) is 6.49. The summed E-state index contributed by atoms with van der Waals surface area (Å²) in [5.74, 6) is 1.35. The number of rotatable bonds is 9. The Morgan fingerprint density at radius 2 is 1.78 bits per heavy atom. The Morgan fingerprint density at radius 3 is 2.43 bits per heavy atom. The third-order valence-electron chi connectivity index (χ3n) is 5.76. The summed E-state index contributed by atoms with van der Waals surface area (Å²) in [6.45, 7) is 4.35. The maximum atomic E-state index is 12.1. The summed E-state index contributed by atoms with van der Waals surface area (Å²) in [6, 6.07) is 10.7. The number of benzene rings is 1. The van der Waals surface area contributed by atoms with Gasteiger partial charge in [0.15, 0.2) is 0 Å². The first kappa shape index (κ1) is 18.2. The molecule has 0 saturated heterocycles. The molecule has 0 heterocycles. The molecule has 1 atom stereocenters. The van der Waals surface area contributed by atoms with Gasteiger partial charge in [0, 0.05) is 12.8 Å². The fourth-order valence-electron chi connectivity index (χ4n) is 4.02. The van der Waals surface area contributed by atoms with E-state index < -0.39 is 0 Å². The van der Waals surface area contributed by atoms with Crippen LogP contribution in [0.3, 0.4) is 0 Å². The zero-order chi connectivity index (χ0) is 16.5. The van der Waals surface area contributed by atoms with Gasteiger partial charge in [0.1, 0.15) is 5.78 Å². The van der Waals surface area contributed by atoms with Crippen molar-refractivity contribution < 1.29 is 4.79 Å². The van der Waals surface area contributed by atoms with E-state index in [0.29, 0.717) is 12.2 Å². The van der Waals surface area contributed by atoms with Crippen molar-refractivity contribution in [2.75, 3.05) is 0 Å². The summed E-state index contributed by atoms with van der Waals surface area (Å²) in [6.07, 6.45) is 13.3. The van der Waals surface area contributed by atoms with Crippen LogP contribution >= 0.6 is 0 Å². The van der Waals surface area contributed by atoms with Crippen molar-refractivity contribution in [2.24, 2.45) is 11.3 Å². The van der Waals surface area contributed by atoms with E-state index in [9.17, 15) is 4.79 Å². The molecule has 1 aliphatic carbocycles. The molecule has 1 aromatic carbocycles. The van der Waals surface area contributed by atoms with Crippen molar-refractivity contribution in [1.82, 2.24) is 0 Å². The van der Waals surface area contributed by atoms with Gasteiger partial charge in [-0.1, -0.05) is 76.3 Å². The summed E-state index contributed by atoms with van der Waals surface area (Å²) < 4.78 is 0. The lowest BCUT2D eigenvalue weighted by atomic mass is 9.73. The number of aryl methyl sites for hydroxylation is 1. The van der Waals surface area contributed by atoms with Crippen LogP contribution in [0, 0.1) is 11.3 Å². The fourth-order valence-corrected chi connectivity index (χ4v) is 4.02. The van der Waals surface area contributed by atoms with Gasteiger partial charge in [0.2, 0.25) is 0 Å². The minimum Gasteiger partial charge on any atom is -0.300 e. The lowest BCUT2D eigenvalue weighted by Crippen LogP contribution is -2.23. The van der Waals surface area contributed by atoms with Crippen molar-refractivity contribution in [3.8, 4) is 0 Å². The predicted octanol–water partition coefficient (Wildman–Crippen LogP) is 6.36. The second-order valence-electron chi connectivity index (χ2n) is 7.91. The molecule has 0 bridgehead atoms. The van der Waals surface area contributed by atoms with Crippen LogP contribution < -0.4 is 0 Å². The van der Waals surface area contributed by atoms with Gasteiger partial charge in [-0.2, -0.15) is 0 Å². The molecule has 0 spiro atoms. The number of hydrogen-bond donors (Lipinski definition) is 0. The monoisotopic (exact) mass is 314 g/mol. The van der Waals surface area contributed by atoms with Crippen molar-refractivity contribution in [3.05, 3.63) is 35.9 Å². The van der Waals surface area contributed by atoms with Gasteiger partial charge in [0.05, 0.1) is 0 Å². The molecule has 0 N–H and O–H groups in total. The van der Waals surface area contributed by atoms with Crippen molar-refractivity contribution in [1.29, 1.82) is 0 Å². The van der Waals surface area contributed by atoms with E-state index in [4.69, 9.17) is 0 Å². The van der Waals surface area contributed by atoms with Gasteiger partial charge >= 0.3 is 0 Å². The van der Waals surface area contributed by atoms with Crippen molar-refractivity contribution in [3.63, 3.8) is 0 Å². The average molecular weight is 315 g/mol. The van der Waals surface area contributed by atoms with E-state index >= 15 is 0 Å². The quantitative estimate of drug-likeness (QED) is 0.518. The van der Waals surface area contributed by atoms with Crippen LogP contribution in [0.25, 0.3) is 0 Å². The molecule has 1 aliphatic rings. The highest BCUT2D eigenvalue weighted by Gasteiger charge is 2.28. The number of Topliss-reactive ketones (excluding diaryl/α,β-unsaturated/α-hetero) is 1. The highest BCUT2D eigenvalue weighted by Crippen LogP contribution is 2.38. The van der Waals surface area contributed by atoms with E-state index in [2.05, 4.69) is 37.3 Å². The summed E-state index contributed by atoms with van der Waals surface area (Å²) in [5.41, 5.74) is 1.58. The molecule has 0 aromatic heterocycles. The molecular weight excluding hydrogens is 280 g/mol. The molecule has 1 fully saturated rings. The summed E-state index contributed by atoms with van der Waals surface area (Å²) in [4.78, 5) is 12.1. The highest BCUT2D eigenvalue weighted by molar-refractivity contribution is 5.78. The topological polar surface area (TPSA) is 17.1 Å². The lowest BCUT2D eigenvalue weighted by molar-refractivity contribution is -0.121.